The number of hydrogen-bond donors (Lipinski definition) is 1. The molecule has 0 radical (unpaired) electrons. The van der Waals surface area contributed by atoms with Crippen molar-refractivity contribution in [2.75, 3.05) is 14.1 Å². The maximum atomic E-state index is 12.0. The van der Waals surface area contributed by atoms with Crippen LogP contribution in [0.1, 0.15) is 17.3 Å². The van der Waals surface area contributed by atoms with Gasteiger partial charge in [-0.1, -0.05) is 11.6 Å². The van der Waals surface area contributed by atoms with E-state index in [0.717, 1.165) is 10.4 Å². The summed E-state index contributed by atoms with van der Waals surface area (Å²) in [6.07, 6.45) is 0. The summed E-state index contributed by atoms with van der Waals surface area (Å²) in [7, 11) is -1.03. The van der Waals surface area contributed by atoms with Crippen LogP contribution in [0.4, 0.5) is 0 Å². The molecule has 21 heavy (non-hydrogen) atoms. The Balaban J connectivity index is 3.20. The Morgan fingerprint density at radius 2 is 1.90 bits per heavy atom. The van der Waals surface area contributed by atoms with Gasteiger partial charge in [-0.3, -0.25) is 4.79 Å². The molecule has 0 aliphatic heterocycles. The number of aliphatic carboxylic acids is 1. The monoisotopic (exact) mass is 333 g/mol. The van der Waals surface area contributed by atoms with E-state index in [1.807, 2.05) is 0 Å². The standard InChI is InChI=1S/C12H15ClN2O5S/c1-7(12(17)18)14-11(16)9-6-8(4-5-10(9)13)21(19,20)15(2)3/h4-7H,1-3H3,(H,14,16)(H,17,18)/p-1/t7-/m0/s1. The predicted octanol–water partition coefficient (Wildman–Crippen LogP) is -0.541. The molecule has 116 valence electrons. The maximum absolute atomic E-state index is 12.0. The van der Waals surface area contributed by atoms with Crippen LogP contribution >= 0.6 is 11.6 Å². The second kappa shape index (κ2) is 6.42. The number of carboxylic acid groups (broad SMARTS) is 1. The summed E-state index contributed by atoms with van der Waals surface area (Å²) in [5.74, 6) is -2.26. The summed E-state index contributed by atoms with van der Waals surface area (Å²) in [6, 6.07) is 2.38. The third-order valence-electron chi connectivity index (χ3n) is 2.66. The molecule has 1 rings (SSSR count). The van der Waals surface area contributed by atoms with Crippen molar-refractivity contribution in [1.29, 1.82) is 0 Å². The van der Waals surface area contributed by atoms with Gasteiger partial charge in [-0.25, -0.2) is 12.7 Å². The Bertz CT molecular complexity index is 672. The lowest BCUT2D eigenvalue weighted by molar-refractivity contribution is -0.307. The number of halogens is 1. The van der Waals surface area contributed by atoms with Crippen molar-refractivity contribution in [2.24, 2.45) is 0 Å². The zero-order valence-corrected chi connectivity index (χ0v) is 13.2. The Kier molecular flexibility index (Phi) is 5.32. The van der Waals surface area contributed by atoms with Crippen LogP contribution in [0.2, 0.25) is 5.02 Å². The Hall–Kier alpha value is -1.64. The molecule has 0 fully saturated rings. The molecular formula is C12H14ClN2O5S-. The zero-order chi connectivity index (χ0) is 16.4. The van der Waals surface area contributed by atoms with Gasteiger partial charge >= 0.3 is 0 Å². The lowest BCUT2D eigenvalue weighted by atomic mass is 10.2. The fraction of sp³-hybridized carbons (Fsp3) is 0.333. The average Bonchev–Trinajstić information content (AvgIpc) is 2.38. The molecule has 0 unspecified atom stereocenters. The quantitative estimate of drug-likeness (QED) is 0.778. The number of carbonyl (C=O) groups excluding carboxylic acids is 2. The van der Waals surface area contributed by atoms with Gasteiger partial charge < -0.3 is 15.2 Å². The lowest BCUT2D eigenvalue weighted by Gasteiger charge is -2.16. The van der Waals surface area contributed by atoms with Crippen molar-refractivity contribution < 1.29 is 23.1 Å². The minimum atomic E-state index is -3.73. The Morgan fingerprint density at radius 3 is 2.38 bits per heavy atom. The predicted molar refractivity (Wildman–Crippen MR) is 74.3 cm³/mol. The first kappa shape index (κ1) is 17.4. The van der Waals surface area contributed by atoms with Crippen LogP contribution in [-0.4, -0.2) is 44.7 Å². The van der Waals surface area contributed by atoms with E-state index in [2.05, 4.69) is 5.32 Å². The van der Waals surface area contributed by atoms with Gasteiger partial charge in [-0.2, -0.15) is 0 Å². The van der Waals surface area contributed by atoms with E-state index < -0.39 is 27.9 Å². The van der Waals surface area contributed by atoms with Crippen molar-refractivity contribution >= 4 is 33.5 Å². The number of carboxylic acids is 1. The molecule has 9 heteroatoms. The number of hydrogen-bond acceptors (Lipinski definition) is 5. The minimum Gasteiger partial charge on any atom is -0.548 e. The largest absolute Gasteiger partial charge is 0.548 e. The second-order valence-corrected chi connectivity index (χ2v) is 7.00. The van der Waals surface area contributed by atoms with Gasteiger partial charge in [0.15, 0.2) is 0 Å². The summed E-state index contributed by atoms with van der Waals surface area (Å²) >= 11 is 5.85. The Labute approximate surface area is 127 Å². The molecule has 0 saturated carbocycles. The van der Waals surface area contributed by atoms with E-state index in [0.29, 0.717) is 0 Å². The number of nitrogens with one attached hydrogen (secondary N) is 1. The maximum Gasteiger partial charge on any atom is 0.253 e. The smallest absolute Gasteiger partial charge is 0.253 e. The minimum absolute atomic E-state index is 0.00996. The molecule has 0 heterocycles. The highest BCUT2D eigenvalue weighted by atomic mass is 35.5. The topological polar surface area (TPSA) is 107 Å². The third kappa shape index (κ3) is 3.93. The van der Waals surface area contributed by atoms with E-state index >= 15 is 0 Å². The van der Waals surface area contributed by atoms with Crippen LogP contribution in [0, 0.1) is 0 Å². The lowest BCUT2D eigenvalue weighted by Crippen LogP contribution is -2.46. The van der Waals surface area contributed by atoms with Gasteiger partial charge in [0.25, 0.3) is 5.91 Å². The molecular weight excluding hydrogens is 320 g/mol. The molecule has 0 aliphatic carbocycles. The molecule has 1 aromatic carbocycles. The Morgan fingerprint density at radius 1 is 1.33 bits per heavy atom. The molecule has 7 nitrogen and oxygen atoms in total. The highest BCUT2D eigenvalue weighted by Gasteiger charge is 2.21. The van der Waals surface area contributed by atoms with E-state index in [1.54, 1.807) is 0 Å². The van der Waals surface area contributed by atoms with Gasteiger partial charge in [0.1, 0.15) is 0 Å². The summed E-state index contributed by atoms with van der Waals surface area (Å²) in [5.41, 5.74) is -0.132. The number of benzene rings is 1. The van der Waals surface area contributed by atoms with E-state index in [-0.39, 0.29) is 15.5 Å². The van der Waals surface area contributed by atoms with Gasteiger partial charge in [-0.15, -0.1) is 0 Å². The van der Waals surface area contributed by atoms with Crippen molar-refractivity contribution in [1.82, 2.24) is 9.62 Å². The van der Waals surface area contributed by atoms with Crippen LogP contribution in [-0.2, 0) is 14.8 Å². The molecule has 1 atom stereocenters. The van der Waals surface area contributed by atoms with Crippen LogP contribution in [0.25, 0.3) is 0 Å². The fourth-order valence-electron chi connectivity index (χ4n) is 1.38. The number of nitrogens with zero attached hydrogens (tertiary/aromatic N) is 1. The first-order chi connectivity index (χ1) is 9.57. The summed E-state index contributed by atoms with van der Waals surface area (Å²) < 4.78 is 25.0. The summed E-state index contributed by atoms with van der Waals surface area (Å²) in [4.78, 5) is 22.4. The zero-order valence-electron chi connectivity index (χ0n) is 11.6. The van der Waals surface area contributed by atoms with Crippen molar-refractivity contribution in [2.45, 2.75) is 17.9 Å². The molecule has 1 N–H and O–H groups in total. The normalized spacial score (nSPS) is 13.0. The second-order valence-electron chi connectivity index (χ2n) is 4.44. The number of carbonyl (C=O) groups is 2. The van der Waals surface area contributed by atoms with Crippen LogP contribution in [0.3, 0.4) is 0 Å². The van der Waals surface area contributed by atoms with Gasteiger partial charge in [0, 0.05) is 14.1 Å². The fourth-order valence-corrected chi connectivity index (χ4v) is 2.51. The summed E-state index contributed by atoms with van der Waals surface area (Å²) in [5, 5.41) is 12.8. The van der Waals surface area contributed by atoms with Gasteiger partial charge in [0.05, 0.1) is 27.5 Å². The highest BCUT2D eigenvalue weighted by molar-refractivity contribution is 7.89. The number of sulfonamides is 1. The van der Waals surface area contributed by atoms with Crippen LogP contribution < -0.4 is 10.4 Å². The SMILES string of the molecule is C[C@H](NC(=O)c1cc(S(=O)(=O)N(C)C)ccc1Cl)C(=O)[O-]. The summed E-state index contributed by atoms with van der Waals surface area (Å²) in [6.45, 7) is 1.22. The molecule has 0 aromatic heterocycles. The van der Waals surface area contributed by atoms with Gasteiger partial charge in [-0.05, 0) is 25.1 Å². The van der Waals surface area contributed by atoms with Crippen molar-refractivity contribution in [3.63, 3.8) is 0 Å². The molecule has 1 aromatic rings. The average molecular weight is 334 g/mol. The highest BCUT2D eigenvalue weighted by Crippen LogP contribution is 2.22. The first-order valence-electron chi connectivity index (χ1n) is 5.81. The van der Waals surface area contributed by atoms with Crippen LogP contribution in [0.5, 0.6) is 0 Å². The number of amides is 1. The third-order valence-corrected chi connectivity index (χ3v) is 4.80. The molecule has 0 aliphatic rings. The van der Waals surface area contributed by atoms with Crippen molar-refractivity contribution in [3.05, 3.63) is 28.8 Å². The van der Waals surface area contributed by atoms with E-state index in [1.165, 1.54) is 33.2 Å². The van der Waals surface area contributed by atoms with Crippen molar-refractivity contribution in [3.8, 4) is 0 Å². The van der Waals surface area contributed by atoms with Gasteiger partial charge in [0.2, 0.25) is 10.0 Å². The molecule has 0 saturated heterocycles. The van der Waals surface area contributed by atoms with E-state index in [4.69, 9.17) is 11.6 Å². The van der Waals surface area contributed by atoms with Crippen LogP contribution in [0.15, 0.2) is 23.1 Å². The first-order valence-corrected chi connectivity index (χ1v) is 7.63. The van der Waals surface area contributed by atoms with E-state index in [9.17, 15) is 23.1 Å². The molecule has 0 bridgehead atoms. The number of rotatable bonds is 5. The molecule has 0 spiro atoms. The molecule has 1 amide bonds.